The van der Waals surface area contributed by atoms with E-state index in [0.717, 1.165) is 17.0 Å². The summed E-state index contributed by atoms with van der Waals surface area (Å²) in [6.45, 7) is 4.53. The van der Waals surface area contributed by atoms with Crippen LogP contribution in [0.4, 0.5) is 5.69 Å². The number of amides is 3. The molecule has 1 aromatic carbocycles. The SMILES string of the molecule is Cc1ccc2c(c1)NC1(CCC(=O)N(C(C)C(=O)NCCc3ccco3)CC1)NC2=O. The molecule has 4 rings (SSSR count). The number of nitrogens with zero attached hydrogens (tertiary/aromatic N) is 1. The van der Waals surface area contributed by atoms with E-state index in [2.05, 4.69) is 16.0 Å². The Morgan fingerprint density at radius 3 is 2.87 bits per heavy atom. The standard InChI is InChI=1S/C23H28N4O4/c1-15-5-6-18-19(14-15)25-23(26-22(18)30)9-7-20(28)27(12-10-23)16(2)21(29)24-11-8-17-4-3-13-31-17/h3-6,13-14,16,25H,7-12H2,1-2H3,(H,24,29)(H,26,30). The van der Waals surface area contributed by atoms with Gasteiger partial charge in [-0.1, -0.05) is 6.07 Å². The zero-order valence-corrected chi connectivity index (χ0v) is 17.9. The van der Waals surface area contributed by atoms with Crippen molar-refractivity contribution in [2.75, 3.05) is 18.4 Å². The van der Waals surface area contributed by atoms with Crippen LogP contribution in [0.15, 0.2) is 41.0 Å². The van der Waals surface area contributed by atoms with Crippen molar-refractivity contribution < 1.29 is 18.8 Å². The molecule has 2 atom stereocenters. The summed E-state index contributed by atoms with van der Waals surface area (Å²) in [4.78, 5) is 39.7. The Labute approximate surface area is 181 Å². The predicted molar refractivity (Wildman–Crippen MR) is 115 cm³/mol. The van der Waals surface area contributed by atoms with Gasteiger partial charge in [-0.3, -0.25) is 14.4 Å². The largest absolute Gasteiger partial charge is 0.469 e. The van der Waals surface area contributed by atoms with Crippen LogP contribution in [0, 0.1) is 6.92 Å². The molecule has 164 valence electrons. The summed E-state index contributed by atoms with van der Waals surface area (Å²) in [5.41, 5.74) is 1.75. The number of aryl methyl sites for hydroxylation is 1. The second kappa shape index (κ2) is 8.45. The van der Waals surface area contributed by atoms with E-state index in [4.69, 9.17) is 4.42 Å². The van der Waals surface area contributed by atoms with Crippen molar-refractivity contribution in [3.05, 3.63) is 53.5 Å². The van der Waals surface area contributed by atoms with Crippen LogP contribution < -0.4 is 16.0 Å². The molecule has 3 N–H and O–H groups in total. The highest BCUT2D eigenvalue weighted by Gasteiger charge is 2.41. The molecule has 1 aromatic heterocycles. The van der Waals surface area contributed by atoms with Gasteiger partial charge >= 0.3 is 0 Å². The zero-order valence-electron chi connectivity index (χ0n) is 17.9. The molecular formula is C23H28N4O4. The lowest BCUT2D eigenvalue weighted by atomic mass is 9.94. The van der Waals surface area contributed by atoms with Crippen LogP contribution in [0.5, 0.6) is 0 Å². The molecule has 31 heavy (non-hydrogen) atoms. The monoisotopic (exact) mass is 424 g/mol. The number of rotatable bonds is 5. The maximum atomic E-state index is 12.8. The minimum Gasteiger partial charge on any atom is -0.469 e. The predicted octanol–water partition coefficient (Wildman–Crippen LogP) is 2.20. The Hall–Kier alpha value is -3.29. The molecular weight excluding hydrogens is 396 g/mol. The second-order valence-electron chi connectivity index (χ2n) is 8.34. The summed E-state index contributed by atoms with van der Waals surface area (Å²) in [5.74, 6) is 0.378. The third-order valence-corrected chi connectivity index (χ3v) is 6.11. The molecule has 3 heterocycles. The lowest BCUT2D eigenvalue weighted by Gasteiger charge is -2.40. The molecule has 8 nitrogen and oxygen atoms in total. The number of nitrogens with one attached hydrogen (secondary N) is 3. The molecule has 3 amide bonds. The van der Waals surface area contributed by atoms with Crippen molar-refractivity contribution in [1.82, 2.24) is 15.5 Å². The highest BCUT2D eigenvalue weighted by molar-refractivity contribution is 6.02. The molecule has 0 bridgehead atoms. The third kappa shape index (κ3) is 4.42. The van der Waals surface area contributed by atoms with Crippen molar-refractivity contribution in [1.29, 1.82) is 0 Å². The number of fused-ring (bicyclic) bond motifs is 1. The van der Waals surface area contributed by atoms with Crippen LogP contribution in [0.25, 0.3) is 0 Å². The molecule has 8 heteroatoms. The fourth-order valence-corrected chi connectivity index (χ4v) is 4.27. The molecule has 2 unspecified atom stereocenters. The summed E-state index contributed by atoms with van der Waals surface area (Å²) in [7, 11) is 0. The Morgan fingerprint density at radius 1 is 1.26 bits per heavy atom. The molecule has 0 aliphatic carbocycles. The van der Waals surface area contributed by atoms with Gasteiger partial charge in [0.2, 0.25) is 11.8 Å². The van der Waals surface area contributed by atoms with E-state index >= 15 is 0 Å². The number of hydrogen-bond acceptors (Lipinski definition) is 5. The Morgan fingerprint density at radius 2 is 2.10 bits per heavy atom. The van der Waals surface area contributed by atoms with Gasteiger partial charge in [-0.25, -0.2) is 0 Å². The molecule has 1 fully saturated rings. The normalized spacial score (nSPS) is 21.7. The number of anilines is 1. The maximum absolute atomic E-state index is 12.8. The number of likely N-dealkylation sites (tertiary alicyclic amines) is 1. The summed E-state index contributed by atoms with van der Waals surface area (Å²) < 4.78 is 5.27. The van der Waals surface area contributed by atoms with Gasteiger partial charge in [0.15, 0.2) is 0 Å². The van der Waals surface area contributed by atoms with Gasteiger partial charge in [-0.15, -0.1) is 0 Å². The van der Waals surface area contributed by atoms with Crippen molar-refractivity contribution in [2.45, 2.75) is 51.2 Å². The topological polar surface area (TPSA) is 104 Å². The van der Waals surface area contributed by atoms with E-state index in [1.807, 2.05) is 37.3 Å². The molecule has 1 spiro atoms. The number of benzene rings is 1. The van der Waals surface area contributed by atoms with Gasteiger partial charge in [0.1, 0.15) is 17.5 Å². The lowest BCUT2D eigenvalue weighted by molar-refractivity contribution is -0.139. The molecule has 1 saturated heterocycles. The van der Waals surface area contributed by atoms with Gasteiger partial charge in [-0.2, -0.15) is 0 Å². The first kappa shape index (κ1) is 21.0. The Bertz CT molecular complexity index is 987. The number of carbonyl (C=O) groups excluding carboxylic acids is 3. The first-order chi connectivity index (χ1) is 14.9. The Balaban J connectivity index is 1.40. The average Bonchev–Trinajstić information content (AvgIpc) is 3.20. The minimum atomic E-state index is -0.697. The maximum Gasteiger partial charge on any atom is 0.255 e. The van der Waals surface area contributed by atoms with Crippen molar-refractivity contribution in [3.8, 4) is 0 Å². The molecule has 0 radical (unpaired) electrons. The van der Waals surface area contributed by atoms with Gasteiger partial charge in [0.05, 0.1) is 11.8 Å². The molecule has 2 aromatic rings. The van der Waals surface area contributed by atoms with E-state index in [1.54, 1.807) is 18.1 Å². The highest BCUT2D eigenvalue weighted by Crippen LogP contribution is 2.32. The van der Waals surface area contributed by atoms with E-state index < -0.39 is 11.7 Å². The summed E-state index contributed by atoms with van der Waals surface area (Å²) in [6.07, 6.45) is 3.43. The zero-order chi connectivity index (χ0) is 22.0. The number of furan rings is 1. The first-order valence-electron chi connectivity index (χ1n) is 10.7. The summed E-state index contributed by atoms with van der Waals surface area (Å²) in [6, 6.07) is 8.75. The second-order valence-corrected chi connectivity index (χ2v) is 8.34. The quantitative estimate of drug-likeness (QED) is 0.683. The van der Waals surface area contributed by atoms with Crippen LogP contribution in [0.1, 0.15) is 47.9 Å². The van der Waals surface area contributed by atoms with Crippen LogP contribution in [-0.2, 0) is 16.0 Å². The fraction of sp³-hybridized carbons (Fsp3) is 0.435. The van der Waals surface area contributed by atoms with Gasteiger partial charge in [-0.05, 0) is 50.1 Å². The van der Waals surface area contributed by atoms with Crippen LogP contribution in [0.3, 0.4) is 0 Å². The van der Waals surface area contributed by atoms with E-state index in [-0.39, 0.29) is 24.1 Å². The number of hydrogen-bond donors (Lipinski definition) is 3. The minimum absolute atomic E-state index is 0.0864. The van der Waals surface area contributed by atoms with E-state index in [9.17, 15) is 14.4 Å². The van der Waals surface area contributed by atoms with Gasteiger partial charge in [0.25, 0.3) is 5.91 Å². The van der Waals surface area contributed by atoms with Crippen molar-refractivity contribution >= 4 is 23.4 Å². The van der Waals surface area contributed by atoms with E-state index in [0.29, 0.717) is 37.9 Å². The van der Waals surface area contributed by atoms with Crippen molar-refractivity contribution in [3.63, 3.8) is 0 Å². The average molecular weight is 425 g/mol. The Kier molecular flexibility index (Phi) is 5.71. The summed E-state index contributed by atoms with van der Waals surface area (Å²) in [5, 5.41) is 9.41. The molecule has 0 saturated carbocycles. The summed E-state index contributed by atoms with van der Waals surface area (Å²) >= 11 is 0. The molecule has 2 aliphatic rings. The van der Waals surface area contributed by atoms with Gasteiger partial charge < -0.3 is 25.3 Å². The van der Waals surface area contributed by atoms with Crippen LogP contribution in [0.2, 0.25) is 0 Å². The molecule has 2 aliphatic heterocycles. The van der Waals surface area contributed by atoms with Gasteiger partial charge in [0, 0.05) is 38.0 Å². The highest BCUT2D eigenvalue weighted by atomic mass is 16.3. The van der Waals surface area contributed by atoms with Crippen molar-refractivity contribution in [2.24, 2.45) is 0 Å². The third-order valence-electron chi connectivity index (χ3n) is 6.11. The fourth-order valence-electron chi connectivity index (χ4n) is 4.27. The smallest absolute Gasteiger partial charge is 0.255 e. The van der Waals surface area contributed by atoms with E-state index in [1.165, 1.54) is 0 Å². The van der Waals surface area contributed by atoms with Crippen LogP contribution >= 0.6 is 0 Å². The lowest BCUT2D eigenvalue weighted by Crippen LogP contribution is -2.58. The number of carbonyl (C=O) groups is 3. The van der Waals surface area contributed by atoms with Crippen LogP contribution in [-0.4, -0.2) is 47.4 Å². The first-order valence-corrected chi connectivity index (χ1v) is 10.7.